The molecule has 2 N–H and O–H groups in total. The van der Waals surface area contributed by atoms with Gasteiger partial charge in [0.1, 0.15) is 0 Å². The average Bonchev–Trinajstić information content (AvgIpc) is 2.99. The largest absolute Gasteiger partial charge is 0.328 e. The summed E-state index contributed by atoms with van der Waals surface area (Å²) in [5.74, 6) is 6.97. The maximum Gasteiger partial charge on any atom is 0.0565 e. The van der Waals surface area contributed by atoms with Gasteiger partial charge in [-0.15, -0.1) is 0 Å². The second-order valence-electron chi connectivity index (χ2n) is 4.54. The molecule has 0 saturated heterocycles. The first-order valence-corrected chi connectivity index (χ1v) is 6.08. The Balaban J connectivity index is 2.13. The van der Waals surface area contributed by atoms with Crippen molar-refractivity contribution in [2.45, 2.75) is 32.2 Å². The second kappa shape index (κ2) is 4.91. The predicted octanol–water partition coefficient (Wildman–Crippen LogP) is 2.99. The van der Waals surface area contributed by atoms with Crippen LogP contribution in [0.1, 0.15) is 30.9 Å². The molecule has 0 radical (unpaired) electrons. The summed E-state index contributed by atoms with van der Waals surface area (Å²) in [5.41, 5.74) is 7.86. The molecule has 0 bridgehead atoms. The van der Waals surface area contributed by atoms with Crippen molar-refractivity contribution in [3.05, 3.63) is 34.3 Å². The Morgan fingerprint density at radius 2 is 2.25 bits per heavy atom. The summed E-state index contributed by atoms with van der Waals surface area (Å²) in [6.07, 6.45) is 3.34. The Morgan fingerprint density at radius 3 is 2.81 bits per heavy atom. The lowest BCUT2D eigenvalue weighted by atomic mass is 10.1. The summed E-state index contributed by atoms with van der Waals surface area (Å²) in [6, 6.07) is 6.20. The van der Waals surface area contributed by atoms with Gasteiger partial charge >= 0.3 is 0 Å². The summed E-state index contributed by atoms with van der Waals surface area (Å²) in [6.45, 7) is 1.99. The van der Waals surface area contributed by atoms with Gasteiger partial charge in [-0.05, 0) is 43.9 Å². The van der Waals surface area contributed by atoms with E-state index in [2.05, 4.69) is 17.9 Å². The third kappa shape index (κ3) is 3.27. The van der Waals surface area contributed by atoms with Crippen LogP contribution in [0.4, 0.5) is 0 Å². The number of rotatable bonds is 2. The van der Waals surface area contributed by atoms with Crippen LogP contribution in [0.15, 0.2) is 18.2 Å². The minimum Gasteiger partial charge on any atom is -0.328 e. The minimum absolute atomic E-state index is 0.166. The van der Waals surface area contributed by atoms with Gasteiger partial charge in [0.05, 0.1) is 5.02 Å². The molecule has 1 aromatic rings. The first-order valence-electron chi connectivity index (χ1n) is 5.70. The highest BCUT2D eigenvalue weighted by Crippen LogP contribution is 2.28. The molecule has 1 saturated carbocycles. The third-order valence-corrected chi connectivity index (χ3v) is 2.89. The summed E-state index contributed by atoms with van der Waals surface area (Å²) in [7, 11) is 0. The number of hydrogen-bond acceptors (Lipinski definition) is 1. The minimum atomic E-state index is 0.166. The topological polar surface area (TPSA) is 26.0 Å². The molecule has 16 heavy (non-hydrogen) atoms. The molecule has 2 heteroatoms. The van der Waals surface area contributed by atoms with Gasteiger partial charge in [0.2, 0.25) is 0 Å². The molecule has 1 aliphatic carbocycles. The van der Waals surface area contributed by atoms with Gasteiger partial charge in [-0.25, -0.2) is 0 Å². The van der Waals surface area contributed by atoms with Crippen LogP contribution in [-0.4, -0.2) is 6.04 Å². The zero-order valence-electron chi connectivity index (χ0n) is 9.46. The molecule has 0 heterocycles. The zero-order valence-corrected chi connectivity index (χ0v) is 10.2. The molecule has 1 aromatic carbocycles. The highest BCUT2D eigenvalue weighted by molar-refractivity contribution is 6.31. The van der Waals surface area contributed by atoms with Crippen molar-refractivity contribution in [3.63, 3.8) is 0 Å². The lowest BCUT2D eigenvalue weighted by Gasteiger charge is -2.06. The van der Waals surface area contributed by atoms with Crippen molar-refractivity contribution >= 4 is 11.6 Å². The van der Waals surface area contributed by atoms with Crippen molar-refractivity contribution in [3.8, 4) is 11.8 Å². The van der Waals surface area contributed by atoms with Gasteiger partial charge in [0, 0.05) is 17.5 Å². The van der Waals surface area contributed by atoms with Gasteiger partial charge in [-0.3, -0.25) is 0 Å². The fraction of sp³-hybridized carbons (Fsp3) is 0.429. The van der Waals surface area contributed by atoms with E-state index < -0.39 is 0 Å². The summed E-state index contributed by atoms with van der Waals surface area (Å²) in [5, 5.41) is 0.742. The van der Waals surface area contributed by atoms with Crippen LogP contribution >= 0.6 is 11.6 Å². The summed E-state index contributed by atoms with van der Waals surface area (Å²) >= 11 is 6.17. The van der Waals surface area contributed by atoms with Crippen molar-refractivity contribution in [2.75, 3.05) is 0 Å². The molecule has 2 rings (SSSR count). The normalized spacial score (nSPS) is 16.4. The Labute approximate surface area is 102 Å². The first kappa shape index (κ1) is 11.5. The molecule has 0 aromatic heterocycles. The molecule has 1 nitrogen and oxygen atoms in total. The smallest absolute Gasteiger partial charge is 0.0565 e. The Bertz CT molecular complexity index is 436. The van der Waals surface area contributed by atoms with E-state index in [9.17, 15) is 0 Å². The highest BCUT2D eigenvalue weighted by Gasteiger charge is 2.17. The molecule has 84 valence electrons. The van der Waals surface area contributed by atoms with E-state index in [4.69, 9.17) is 17.3 Å². The molecule has 0 spiro atoms. The Kier molecular flexibility index (Phi) is 3.53. The molecular formula is C14H16ClN. The molecule has 1 unspecified atom stereocenters. The fourth-order valence-electron chi connectivity index (χ4n) is 1.57. The summed E-state index contributed by atoms with van der Waals surface area (Å²) in [4.78, 5) is 0. The molecule has 0 aliphatic heterocycles. The number of nitrogens with two attached hydrogens (primary N) is 1. The maximum absolute atomic E-state index is 6.17. The van der Waals surface area contributed by atoms with E-state index in [1.807, 2.05) is 19.1 Å². The van der Waals surface area contributed by atoms with Crippen LogP contribution in [0, 0.1) is 17.8 Å². The van der Waals surface area contributed by atoms with Gasteiger partial charge in [0.15, 0.2) is 0 Å². The number of benzene rings is 1. The van der Waals surface area contributed by atoms with Crippen molar-refractivity contribution in [1.82, 2.24) is 0 Å². The Morgan fingerprint density at radius 1 is 1.50 bits per heavy atom. The van der Waals surface area contributed by atoms with Crippen molar-refractivity contribution in [2.24, 2.45) is 11.7 Å². The van der Waals surface area contributed by atoms with Crippen LogP contribution in [0.25, 0.3) is 0 Å². The van der Waals surface area contributed by atoms with Gasteiger partial charge < -0.3 is 5.73 Å². The van der Waals surface area contributed by atoms with Gasteiger partial charge in [0.25, 0.3) is 0 Å². The number of halogens is 1. The molecular weight excluding hydrogens is 218 g/mol. The molecule has 1 atom stereocenters. The highest BCUT2D eigenvalue weighted by atomic mass is 35.5. The van der Waals surface area contributed by atoms with Gasteiger partial charge in [-0.2, -0.15) is 0 Å². The van der Waals surface area contributed by atoms with E-state index in [-0.39, 0.29) is 6.04 Å². The van der Waals surface area contributed by atoms with E-state index in [1.54, 1.807) is 0 Å². The molecule has 0 amide bonds. The average molecular weight is 234 g/mol. The van der Waals surface area contributed by atoms with Gasteiger partial charge in [-0.1, -0.05) is 29.5 Å². The SMILES string of the molecule is CC(N)Cc1ccc(C#CC2CC2)c(Cl)c1. The van der Waals surface area contributed by atoms with E-state index in [0.29, 0.717) is 5.92 Å². The lowest BCUT2D eigenvalue weighted by molar-refractivity contribution is 0.738. The zero-order chi connectivity index (χ0) is 11.5. The molecule has 1 aliphatic rings. The van der Waals surface area contributed by atoms with Crippen LogP contribution in [-0.2, 0) is 6.42 Å². The monoisotopic (exact) mass is 233 g/mol. The maximum atomic E-state index is 6.17. The van der Waals surface area contributed by atoms with Crippen molar-refractivity contribution in [1.29, 1.82) is 0 Å². The van der Waals surface area contributed by atoms with Crippen LogP contribution < -0.4 is 5.73 Å². The molecule has 1 fully saturated rings. The van der Waals surface area contributed by atoms with Crippen LogP contribution in [0.5, 0.6) is 0 Å². The second-order valence-corrected chi connectivity index (χ2v) is 4.95. The van der Waals surface area contributed by atoms with E-state index >= 15 is 0 Å². The Hall–Kier alpha value is -0.970. The lowest BCUT2D eigenvalue weighted by Crippen LogP contribution is -2.17. The number of hydrogen-bond donors (Lipinski definition) is 1. The van der Waals surface area contributed by atoms with E-state index in [0.717, 1.165) is 17.0 Å². The van der Waals surface area contributed by atoms with E-state index in [1.165, 1.54) is 18.4 Å². The van der Waals surface area contributed by atoms with Crippen LogP contribution in [0.2, 0.25) is 5.02 Å². The summed E-state index contributed by atoms with van der Waals surface area (Å²) < 4.78 is 0. The predicted molar refractivity (Wildman–Crippen MR) is 68.4 cm³/mol. The fourth-order valence-corrected chi connectivity index (χ4v) is 1.82. The third-order valence-electron chi connectivity index (χ3n) is 2.58. The standard InChI is InChI=1S/C14H16ClN/c1-10(16)8-12-5-7-13(14(15)9-12)6-4-11-2-3-11/h5,7,9-11H,2-3,8,16H2,1H3. The van der Waals surface area contributed by atoms with Crippen LogP contribution in [0.3, 0.4) is 0 Å². The first-order chi connectivity index (χ1) is 7.65. The van der Waals surface area contributed by atoms with Crippen molar-refractivity contribution < 1.29 is 0 Å². The quantitative estimate of drug-likeness (QED) is 0.781.